The predicted octanol–water partition coefficient (Wildman–Crippen LogP) is -0.311. The molecule has 1 aliphatic heterocycles. The summed E-state index contributed by atoms with van der Waals surface area (Å²) in [5, 5.41) is 30.5. The fourth-order valence-corrected chi connectivity index (χ4v) is 2.36. The van der Waals surface area contributed by atoms with E-state index in [-0.39, 0.29) is 6.61 Å². The second kappa shape index (κ2) is 8.11. The topological polar surface area (TPSA) is 108 Å². The molecule has 0 unspecified atom stereocenters. The lowest BCUT2D eigenvalue weighted by molar-refractivity contribution is -0.275. The molecule has 0 radical (unpaired) electrons. The second-order valence-electron chi connectivity index (χ2n) is 5.50. The molecule has 1 aromatic carbocycles. The summed E-state index contributed by atoms with van der Waals surface area (Å²) in [7, 11) is 0. The molecule has 5 atom stereocenters. The summed E-state index contributed by atoms with van der Waals surface area (Å²) < 4.78 is 48.0. The van der Waals surface area contributed by atoms with Gasteiger partial charge in [0.15, 0.2) is 6.29 Å². The Hall–Kier alpha value is -1.72. The van der Waals surface area contributed by atoms with Crippen LogP contribution in [0.3, 0.4) is 0 Å². The van der Waals surface area contributed by atoms with E-state index >= 15 is 0 Å². The number of aliphatic hydroxyl groups excluding tert-OH is 3. The van der Waals surface area contributed by atoms with E-state index in [4.69, 9.17) is 14.6 Å². The Morgan fingerprint density at radius 3 is 2.40 bits per heavy atom. The summed E-state index contributed by atoms with van der Waals surface area (Å²) in [6, 6.07) is 6.92. The van der Waals surface area contributed by atoms with Gasteiger partial charge in [-0.15, -0.1) is 0 Å². The molecule has 0 aromatic heterocycles. The molecule has 2 rings (SSSR count). The van der Waals surface area contributed by atoms with Gasteiger partial charge in [-0.05, 0) is 5.56 Å². The summed E-state index contributed by atoms with van der Waals surface area (Å²) in [6.45, 7) is -0.770. The maximum absolute atomic E-state index is 12.5. The van der Waals surface area contributed by atoms with E-state index in [0.29, 0.717) is 5.56 Å². The molecule has 0 aliphatic carbocycles. The molecule has 1 aromatic rings. The summed E-state index contributed by atoms with van der Waals surface area (Å²) in [5.41, 5.74) is 0.674. The van der Waals surface area contributed by atoms with E-state index in [9.17, 15) is 28.2 Å². The molecular formula is C15H18F3NO6. The Morgan fingerprint density at radius 1 is 1.20 bits per heavy atom. The zero-order valence-corrected chi connectivity index (χ0v) is 12.9. The molecule has 10 heteroatoms. The van der Waals surface area contributed by atoms with Gasteiger partial charge in [-0.25, -0.2) is 0 Å². The normalized spacial score (nSPS) is 30.1. The van der Waals surface area contributed by atoms with Crippen LogP contribution in [0.4, 0.5) is 13.2 Å². The largest absolute Gasteiger partial charge is 0.471 e. The Balaban J connectivity index is 2.13. The first-order chi connectivity index (χ1) is 11.7. The minimum Gasteiger partial charge on any atom is -0.394 e. The van der Waals surface area contributed by atoms with Gasteiger partial charge in [0, 0.05) is 0 Å². The second-order valence-corrected chi connectivity index (χ2v) is 5.50. The third-order valence-electron chi connectivity index (χ3n) is 3.69. The van der Waals surface area contributed by atoms with E-state index in [1.807, 2.05) is 0 Å². The molecule has 4 N–H and O–H groups in total. The Bertz CT molecular complexity index is 570. The highest BCUT2D eigenvalue weighted by Gasteiger charge is 2.49. The van der Waals surface area contributed by atoms with Crippen molar-refractivity contribution in [2.45, 2.75) is 43.4 Å². The lowest BCUT2D eigenvalue weighted by Crippen LogP contribution is -2.65. The fourth-order valence-electron chi connectivity index (χ4n) is 2.36. The van der Waals surface area contributed by atoms with Crippen molar-refractivity contribution in [1.82, 2.24) is 5.32 Å². The molecule has 1 aliphatic rings. The van der Waals surface area contributed by atoms with E-state index in [1.165, 1.54) is 0 Å². The molecule has 1 amide bonds. The highest BCUT2D eigenvalue weighted by molar-refractivity contribution is 5.82. The number of alkyl halides is 3. The lowest BCUT2D eigenvalue weighted by atomic mass is 9.97. The molecule has 1 fully saturated rings. The number of benzene rings is 1. The minimum atomic E-state index is -5.18. The van der Waals surface area contributed by atoms with Crippen molar-refractivity contribution in [3.8, 4) is 0 Å². The van der Waals surface area contributed by atoms with Crippen LogP contribution in [-0.2, 0) is 20.9 Å². The number of nitrogens with one attached hydrogen (secondary N) is 1. The van der Waals surface area contributed by atoms with Gasteiger partial charge in [-0.3, -0.25) is 4.79 Å². The number of halogens is 3. The predicted molar refractivity (Wildman–Crippen MR) is 77.0 cm³/mol. The number of aliphatic hydroxyl groups is 3. The summed E-state index contributed by atoms with van der Waals surface area (Å²) in [6.07, 6.45) is -11.5. The van der Waals surface area contributed by atoms with Crippen LogP contribution in [0.5, 0.6) is 0 Å². The van der Waals surface area contributed by atoms with Crippen LogP contribution in [0.1, 0.15) is 5.56 Å². The highest BCUT2D eigenvalue weighted by Crippen LogP contribution is 2.24. The molecule has 0 spiro atoms. The average Bonchev–Trinajstić information content (AvgIpc) is 2.58. The van der Waals surface area contributed by atoms with Crippen LogP contribution < -0.4 is 5.32 Å². The van der Waals surface area contributed by atoms with Crippen LogP contribution in [-0.4, -0.2) is 64.7 Å². The standard InChI is InChI=1S/C15H18F3NO6/c16-15(17,18)14(23)19-10-12(22)11(21)9(6-20)25-13(10)24-7-8-4-2-1-3-5-8/h1-5,9-13,20-22H,6-7H2,(H,19,23)/t9-,10+,11-,12-,13-/m1/s1. The maximum atomic E-state index is 12.5. The van der Waals surface area contributed by atoms with E-state index in [1.54, 1.807) is 35.6 Å². The van der Waals surface area contributed by atoms with Crippen molar-refractivity contribution < 1.29 is 42.8 Å². The maximum Gasteiger partial charge on any atom is 0.471 e. The lowest BCUT2D eigenvalue weighted by Gasteiger charge is -2.42. The van der Waals surface area contributed by atoms with Gasteiger partial charge in [0.25, 0.3) is 0 Å². The molecule has 0 saturated carbocycles. The quantitative estimate of drug-likeness (QED) is 0.570. The third kappa shape index (κ3) is 4.89. The number of ether oxygens (including phenoxy) is 2. The van der Waals surface area contributed by atoms with Gasteiger partial charge in [0.05, 0.1) is 13.2 Å². The molecule has 140 valence electrons. The van der Waals surface area contributed by atoms with Gasteiger partial charge >= 0.3 is 12.1 Å². The SMILES string of the molecule is O=C(N[C@@H]1[C@H](OCc2ccccc2)O[C@H](CO)[C@@H](O)[C@@H]1O)C(F)(F)F. The zero-order valence-electron chi connectivity index (χ0n) is 12.9. The van der Waals surface area contributed by atoms with Crippen LogP contribution in [0, 0.1) is 0 Å². The number of rotatable bonds is 5. The summed E-state index contributed by atoms with van der Waals surface area (Å²) in [5.74, 6) is -2.30. The molecule has 1 heterocycles. The first kappa shape index (κ1) is 19.6. The molecule has 1 saturated heterocycles. The number of amides is 1. The van der Waals surface area contributed by atoms with Crippen molar-refractivity contribution in [2.75, 3.05) is 6.61 Å². The monoisotopic (exact) mass is 365 g/mol. The smallest absolute Gasteiger partial charge is 0.394 e. The minimum absolute atomic E-state index is 0.0785. The van der Waals surface area contributed by atoms with Crippen molar-refractivity contribution >= 4 is 5.91 Å². The van der Waals surface area contributed by atoms with Crippen molar-refractivity contribution in [1.29, 1.82) is 0 Å². The zero-order chi connectivity index (χ0) is 18.6. The van der Waals surface area contributed by atoms with E-state index in [2.05, 4.69) is 0 Å². The fraction of sp³-hybridized carbons (Fsp3) is 0.533. The first-order valence-electron chi connectivity index (χ1n) is 7.39. The first-order valence-corrected chi connectivity index (χ1v) is 7.39. The highest BCUT2D eigenvalue weighted by atomic mass is 19.4. The van der Waals surface area contributed by atoms with Crippen molar-refractivity contribution in [2.24, 2.45) is 0 Å². The Kier molecular flexibility index (Phi) is 6.36. The molecular weight excluding hydrogens is 347 g/mol. The number of hydrogen-bond donors (Lipinski definition) is 4. The summed E-state index contributed by atoms with van der Waals surface area (Å²) in [4.78, 5) is 11.2. The molecule has 0 bridgehead atoms. The van der Waals surface area contributed by atoms with Gasteiger partial charge in [0.2, 0.25) is 0 Å². The van der Waals surface area contributed by atoms with Gasteiger partial charge in [-0.1, -0.05) is 30.3 Å². The van der Waals surface area contributed by atoms with Crippen molar-refractivity contribution in [3.63, 3.8) is 0 Å². The third-order valence-corrected chi connectivity index (χ3v) is 3.69. The Labute approximate surface area is 141 Å². The molecule has 7 nitrogen and oxygen atoms in total. The van der Waals surface area contributed by atoms with Crippen molar-refractivity contribution in [3.05, 3.63) is 35.9 Å². The van der Waals surface area contributed by atoms with Crippen LogP contribution in [0.15, 0.2) is 30.3 Å². The van der Waals surface area contributed by atoms with Crippen LogP contribution >= 0.6 is 0 Å². The summed E-state index contributed by atoms with van der Waals surface area (Å²) >= 11 is 0. The molecule has 25 heavy (non-hydrogen) atoms. The van der Waals surface area contributed by atoms with E-state index < -0.39 is 49.3 Å². The number of carbonyl (C=O) groups excluding carboxylic acids is 1. The van der Waals surface area contributed by atoms with Crippen LogP contribution in [0.2, 0.25) is 0 Å². The Morgan fingerprint density at radius 2 is 1.84 bits per heavy atom. The number of hydrogen-bond acceptors (Lipinski definition) is 6. The van der Waals surface area contributed by atoms with Gasteiger partial charge < -0.3 is 30.1 Å². The number of carbonyl (C=O) groups is 1. The van der Waals surface area contributed by atoms with Gasteiger partial charge in [-0.2, -0.15) is 13.2 Å². The van der Waals surface area contributed by atoms with Crippen LogP contribution in [0.25, 0.3) is 0 Å². The van der Waals surface area contributed by atoms with Gasteiger partial charge in [0.1, 0.15) is 24.4 Å². The van der Waals surface area contributed by atoms with E-state index in [0.717, 1.165) is 0 Å². The average molecular weight is 365 g/mol.